The van der Waals surface area contributed by atoms with Crippen molar-refractivity contribution < 1.29 is 0 Å². The van der Waals surface area contributed by atoms with Crippen molar-refractivity contribution in [3.63, 3.8) is 0 Å². The highest BCUT2D eigenvalue weighted by atomic mass is 32.1. The number of aromatic nitrogens is 4. The first kappa shape index (κ1) is 17.7. The summed E-state index contributed by atoms with van der Waals surface area (Å²) in [5, 5.41) is 5.48. The quantitative estimate of drug-likeness (QED) is 0.611. The lowest BCUT2D eigenvalue weighted by Gasteiger charge is -2.45. The van der Waals surface area contributed by atoms with Gasteiger partial charge in [0.05, 0.1) is 6.20 Å². The Balaban J connectivity index is 1.80. The van der Waals surface area contributed by atoms with Gasteiger partial charge in [0, 0.05) is 42.2 Å². The molecule has 0 bridgehead atoms. The van der Waals surface area contributed by atoms with E-state index in [2.05, 4.69) is 57.9 Å². The Morgan fingerprint density at radius 2 is 1.77 bits per heavy atom. The molecule has 3 aromatic heterocycles. The zero-order chi connectivity index (χ0) is 18.7. The Kier molecular flexibility index (Phi) is 3.99. The van der Waals surface area contributed by atoms with E-state index in [0.29, 0.717) is 16.7 Å². The number of pyridine rings is 1. The minimum absolute atomic E-state index is 0.364. The summed E-state index contributed by atoms with van der Waals surface area (Å²) in [7, 11) is 1.94. The maximum atomic E-state index is 4.76. The number of aryl methyl sites for hydroxylation is 1. The molecule has 0 saturated heterocycles. The second-order valence-electron chi connectivity index (χ2n) is 9.54. The highest BCUT2D eigenvalue weighted by molar-refractivity contribution is 7.78. The van der Waals surface area contributed by atoms with Gasteiger partial charge in [-0.1, -0.05) is 40.5 Å². The van der Waals surface area contributed by atoms with Gasteiger partial charge in [0.1, 0.15) is 5.65 Å². The standard InChI is InChI=1S/C21H28N4S/c1-20(2)7-15(8-21(3,4)13-20)14-6-17-18(16-10-23-24(5)11-16)12-25(26)19(17)22-9-14/h6,9-12,15,26H,7-8,13H2,1-5H3. The molecule has 0 aliphatic heterocycles. The fourth-order valence-corrected chi connectivity index (χ4v) is 5.48. The van der Waals surface area contributed by atoms with Crippen LogP contribution in [-0.4, -0.2) is 18.7 Å². The SMILES string of the molecule is Cn1cc(-c2cn(S)c3ncc(C4CC(C)(C)CC(C)(C)C4)cc23)cn1. The van der Waals surface area contributed by atoms with Crippen molar-refractivity contribution in [3.05, 3.63) is 36.4 Å². The molecule has 0 unspecified atom stereocenters. The van der Waals surface area contributed by atoms with Gasteiger partial charge < -0.3 is 0 Å². The van der Waals surface area contributed by atoms with Crippen LogP contribution in [0.2, 0.25) is 0 Å². The molecule has 0 aromatic carbocycles. The summed E-state index contributed by atoms with van der Waals surface area (Å²) in [5.74, 6) is 0.552. The van der Waals surface area contributed by atoms with Crippen molar-refractivity contribution in [2.45, 2.75) is 52.9 Å². The Bertz CT molecular complexity index is 948. The van der Waals surface area contributed by atoms with Crippen LogP contribution in [0.25, 0.3) is 22.2 Å². The third kappa shape index (κ3) is 3.18. The predicted molar refractivity (Wildman–Crippen MR) is 110 cm³/mol. The van der Waals surface area contributed by atoms with Gasteiger partial charge in [-0.05, 0) is 47.6 Å². The van der Waals surface area contributed by atoms with Crippen LogP contribution >= 0.6 is 12.8 Å². The molecule has 1 aliphatic carbocycles. The summed E-state index contributed by atoms with van der Waals surface area (Å²) in [6, 6.07) is 2.33. The lowest BCUT2D eigenvalue weighted by molar-refractivity contribution is 0.0968. The fourth-order valence-electron chi connectivity index (χ4n) is 5.20. The monoisotopic (exact) mass is 368 g/mol. The largest absolute Gasteiger partial charge is 0.277 e. The summed E-state index contributed by atoms with van der Waals surface area (Å²) >= 11 is 4.57. The Morgan fingerprint density at radius 1 is 1.08 bits per heavy atom. The highest BCUT2D eigenvalue weighted by Crippen LogP contribution is 2.52. The maximum absolute atomic E-state index is 4.76. The summed E-state index contributed by atoms with van der Waals surface area (Å²) in [5.41, 5.74) is 5.24. The number of fused-ring (bicyclic) bond motifs is 1. The zero-order valence-electron chi connectivity index (χ0n) is 16.3. The van der Waals surface area contributed by atoms with Gasteiger partial charge in [-0.25, -0.2) is 4.98 Å². The van der Waals surface area contributed by atoms with Gasteiger partial charge in [0.2, 0.25) is 0 Å². The topological polar surface area (TPSA) is 35.6 Å². The number of rotatable bonds is 2. The van der Waals surface area contributed by atoms with Gasteiger partial charge in [-0.15, -0.1) is 0 Å². The van der Waals surface area contributed by atoms with E-state index in [4.69, 9.17) is 4.98 Å². The zero-order valence-corrected chi connectivity index (χ0v) is 17.2. The molecule has 5 heteroatoms. The van der Waals surface area contributed by atoms with Gasteiger partial charge in [0.25, 0.3) is 0 Å². The average molecular weight is 369 g/mol. The molecule has 1 aliphatic rings. The lowest BCUT2D eigenvalue weighted by Crippen LogP contribution is -2.32. The molecule has 26 heavy (non-hydrogen) atoms. The second kappa shape index (κ2) is 5.88. The van der Waals surface area contributed by atoms with E-state index in [9.17, 15) is 0 Å². The minimum atomic E-state index is 0.364. The molecule has 1 fully saturated rings. The first-order valence-electron chi connectivity index (χ1n) is 9.33. The summed E-state index contributed by atoms with van der Waals surface area (Å²) in [6.45, 7) is 9.60. The van der Waals surface area contributed by atoms with Crippen molar-refractivity contribution >= 4 is 23.8 Å². The highest BCUT2D eigenvalue weighted by Gasteiger charge is 2.39. The molecule has 3 aromatic rings. The van der Waals surface area contributed by atoms with Crippen molar-refractivity contribution in [2.75, 3.05) is 0 Å². The molecule has 0 N–H and O–H groups in total. The summed E-state index contributed by atoms with van der Waals surface area (Å²) < 4.78 is 3.65. The Labute approximate surface area is 161 Å². The Morgan fingerprint density at radius 3 is 2.38 bits per heavy atom. The average Bonchev–Trinajstić information content (AvgIpc) is 3.08. The van der Waals surface area contributed by atoms with Crippen LogP contribution in [0.15, 0.2) is 30.9 Å². The van der Waals surface area contributed by atoms with Crippen LogP contribution in [0, 0.1) is 10.8 Å². The molecule has 4 nitrogen and oxygen atoms in total. The number of nitrogens with zero attached hydrogens (tertiary/aromatic N) is 4. The maximum Gasteiger partial charge on any atom is 0.150 e. The second-order valence-corrected chi connectivity index (χ2v) is 9.97. The first-order valence-corrected chi connectivity index (χ1v) is 9.73. The van der Waals surface area contributed by atoms with Crippen LogP contribution in [0.1, 0.15) is 58.4 Å². The molecule has 3 heterocycles. The van der Waals surface area contributed by atoms with Crippen molar-refractivity contribution in [1.29, 1.82) is 0 Å². The number of hydrogen-bond donors (Lipinski definition) is 1. The van der Waals surface area contributed by atoms with Gasteiger partial charge >= 0.3 is 0 Å². The Hall–Kier alpha value is -1.75. The van der Waals surface area contributed by atoms with E-state index < -0.39 is 0 Å². The van der Waals surface area contributed by atoms with Crippen molar-refractivity contribution in [3.8, 4) is 11.1 Å². The smallest absolute Gasteiger partial charge is 0.150 e. The molecule has 0 amide bonds. The molecule has 4 rings (SSSR count). The normalized spacial score (nSPS) is 19.9. The van der Waals surface area contributed by atoms with Gasteiger partial charge in [0.15, 0.2) is 0 Å². The van der Waals surface area contributed by atoms with Crippen LogP contribution in [0.5, 0.6) is 0 Å². The van der Waals surface area contributed by atoms with E-state index >= 15 is 0 Å². The third-order valence-electron chi connectivity index (χ3n) is 5.69. The number of thiol groups is 1. The predicted octanol–water partition coefficient (Wildman–Crippen LogP) is 5.45. The molecule has 0 atom stereocenters. The molecule has 138 valence electrons. The molecule has 0 spiro atoms. The van der Waals surface area contributed by atoms with E-state index in [-0.39, 0.29) is 0 Å². The first-order chi connectivity index (χ1) is 12.1. The lowest BCUT2D eigenvalue weighted by atomic mass is 9.60. The fraction of sp³-hybridized carbons (Fsp3) is 0.524. The number of hydrogen-bond acceptors (Lipinski definition) is 3. The summed E-state index contributed by atoms with van der Waals surface area (Å²) in [6.07, 6.45) is 11.8. The van der Waals surface area contributed by atoms with E-state index in [1.54, 1.807) is 0 Å². The summed E-state index contributed by atoms with van der Waals surface area (Å²) in [4.78, 5) is 4.76. The molecular formula is C21H28N4S. The van der Waals surface area contributed by atoms with E-state index in [1.807, 2.05) is 34.3 Å². The van der Waals surface area contributed by atoms with Crippen LogP contribution < -0.4 is 0 Å². The van der Waals surface area contributed by atoms with Crippen molar-refractivity contribution in [2.24, 2.45) is 17.9 Å². The van der Waals surface area contributed by atoms with Gasteiger partial charge in [-0.3, -0.25) is 8.65 Å². The third-order valence-corrected chi connectivity index (χ3v) is 5.99. The van der Waals surface area contributed by atoms with Crippen LogP contribution in [0.3, 0.4) is 0 Å². The molecule has 0 radical (unpaired) electrons. The van der Waals surface area contributed by atoms with Gasteiger partial charge in [-0.2, -0.15) is 5.10 Å². The minimum Gasteiger partial charge on any atom is -0.277 e. The molecule has 1 saturated carbocycles. The van der Waals surface area contributed by atoms with Crippen LogP contribution in [0.4, 0.5) is 0 Å². The van der Waals surface area contributed by atoms with E-state index in [0.717, 1.165) is 22.2 Å². The van der Waals surface area contributed by atoms with Crippen LogP contribution in [-0.2, 0) is 7.05 Å². The van der Waals surface area contributed by atoms with Crippen molar-refractivity contribution in [1.82, 2.24) is 18.7 Å². The molecular weight excluding hydrogens is 340 g/mol. The van der Waals surface area contributed by atoms with E-state index in [1.165, 1.54) is 24.8 Å².